The number of ether oxygens (including phenoxy) is 2. The average molecular weight is 347 g/mol. The lowest BCUT2D eigenvalue weighted by atomic mass is 9.79. The lowest BCUT2D eigenvalue weighted by molar-refractivity contribution is 0.404. The second-order valence-electron chi connectivity index (χ2n) is 5.16. The molecule has 3 rings (SSSR count). The number of benzene rings is 2. The highest BCUT2D eigenvalue weighted by Gasteiger charge is 2.37. The Morgan fingerprint density at radius 2 is 1.87 bits per heavy atom. The van der Waals surface area contributed by atoms with Crippen LogP contribution in [-0.2, 0) is 0 Å². The van der Waals surface area contributed by atoms with Gasteiger partial charge in [0.25, 0.3) is 0 Å². The van der Waals surface area contributed by atoms with E-state index < -0.39 is 5.92 Å². The summed E-state index contributed by atoms with van der Waals surface area (Å²) in [6.45, 7) is 0. The minimum atomic E-state index is -0.745. The zero-order valence-electron chi connectivity index (χ0n) is 12.1. The van der Waals surface area contributed by atoms with Crippen molar-refractivity contribution in [1.29, 1.82) is 10.7 Å². The lowest BCUT2D eigenvalue weighted by Gasteiger charge is -2.30. The molecule has 0 aliphatic carbocycles. The summed E-state index contributed by atoms with van der Waals surface area (Å²) in [5.74, 6) is -0.102. The first-order valence-electron chi connectivity index (χ1n) is 6.83. The topological polar surface area (TPSA) is 66.1 Å². The van der Waals surface area contributed by atoms with Crippen LogP contribution >= 0.6 is 23.2 Å². The number of nitrogens with one attached hydrogen (secondary N) is 1. The summed E-state index contributed by atoms with van der Waals surface area (Å²) in [6.07, 6.45) is 0. The molecule has 0 fully saturated rings. The van der Waals surface area contributed by atoms with E-state index in [1.807, 2.05) is 6.07 Å². The first-order chi connectivity index (χ1) is 11.0. The average Bonchev–Trinajstić information content (AvgIpc) is 2.51. The molecular weight excluding hydrogens is 335 g/mol. The van der Waals surface area contributed by atoms with E-state index in [1.54, 1.807) is 37.4 Å². The highest BCUT2D eigenvalue weighted by atomic mass is 35.5. The Morgan fingerprint density at radius 3 is 2.48 bits per heavy atom. The Bertz CT molecular complexity index is 810. The molecule has 0 radical (unpaired) electrons. The Morgan fingerprint density at radius 1 is 1.17 bits per heavy atom. The third-order valence-corrected chi connectivity index (χ3v) is 4.21. The third-order valence-electron chi connectivity index (χ3n) is 3.77. The second-order valence-corrected chi connectivity index (χ2v) is 6.03. The van der Waals surface area contributed by atoms with Crippen molar-refractivity contribution in [3.05, 3.63) is 57.6 Å². The molecule has 1 aliphatic rings. The van der Waals surface area contributed by atoms with E-state index >= 15 is 0 Å². The molecule has 0 spiro atoms. The van der Waals surface area contributed by atoms with Crippen LogP contribution in [0.15, 0.2) is 36.4 Å². The Balaban J connectivity index is 2.20. The summed E-state index contributed by atoms with van der Waals surface area (Å²) in [7, 11) is 1.56. The van der Waals surface area contributed by atoms with Crippen LogP contribution in [0.3, 0.4) is 0 Å². The van der Waals surface area contributed by atoms with E-state index in [9.17, 15) is 5.26 Å². The summed E-state index contributed by atoms with van der Waals surface area (Å²) < 4.78 is 10.7. The fourth-order valence-electron chi connectivity index (χ4n) is 2.76. The van der Waals surface area contributed by atoms with E-state index in [4.69, 9.17) is 38.1 Å². The van der Waals surface area contributed by atoms with Crippen molar-refractivity contribution < 1.29 is 9.47 Å². The summed E-state index contributed by atoms with van der Waals surface area (Å²) in [6, 6.07) is 12.6. The predicted octanol–water partition coefficient (Wildman–Crippen LogP) is 4.64. The number of hydrogen-bond donors (Lipinski definition) is 1. The molecular formula is C17H12Cl2N2O2. The molecule has 0 bridgehead atoms. The van der Waals surface area contributed by atoms with Gasteiger partial charge in [-0.3, -0.25) is 5.41 Å². The summed E-state index contributed by atoms with van der Waals surface area (Å²) in [5.41, 5.74) is 1.57. The molecule has 2 aromatic rings. The van der Waals surface area contributed by atoms with Gasteiger partial charge in [-0.05, 0) is 29.8 Å². The van der Waals surface area contributed by atoms with Crippen LogP contribution < -0.4 is 9.47 Å². The second kappa shape index (κ2) is 6.11. The first-order valence-corrected chi connectivity index (χ1v) is 7.59. The number of hydrogen-bond acceptors (Lipinski definition) is 4. The molecule has 0 aromatic heterocycles. The summed E-state index contributed by atoms with van der Waals surface area (Å²) in [4.78, 5) is 0. The number of fused-ring (bicyclic) bond motifs is 1. The van der Waals surface area contributed by atoms with Gasteiger partial charge in [0, 0.05) is 27.6 Å². The molecule has 0 saturated heterocycles. The Hall–Kier alpha value is -2.22. The number of methoxy groups -OCH3 is 1. The molecule has 2 unspecified atom stereocenters. The molecule has 0 saturated carbocycles. The molecule has 0 amide bonds. The minimum Gasteiger partial charge on any atom is -0.497 e. The largest absolute Gasteiger partial charge is 0.497 e. The van der Waals surface area contributed by atoms with E-state index in [0.29, 0.717) is 21.5 Å². The maximum absolute atomic E-state index is 9.50. The van der Waals surface area contributed by atoms with Crippen LogP contribution in [0.1, 0.15) is 17.0 Å². The van der Waals surface area contributed by atoms with E-state index in [-0.39, 0.29) is 11.8 Å². The summed E-state index contributed by atoms with van der Waals surface area (Å²) >= 11 is 12.2. The normalized spacial score (nSPS) is 19.5. The smallest absolute Gasteiger partial charge is 0.205 e. The lowest BCUT2D eigenvalue weighted by Crippen LogP contribution is -2.30. The van der Waals surface area contributed by atoms with E-state index in [1.165, 1.54) is 0 Å². The fraction of sp³-hybridized carbons (Fsp3) is 0.176. The van der Waals surface area contributed by atoms with Gasteiger partial charge in [0.15, 0.2) is 0 Å². The molecule has 116 valence electrons. The van der Waals surface area contributed by atoms with E-state index in [2.05, 4.69) is 6.07 Å². The predicted molar refractivity (Wildman–Crippen MR) is 88.8 cm³/mol. The van der Waals surface area contributed by atoms with Crippen molar-refractivity contribution >= 4 is 29.1 Å². The molecule has 1 N–H and O–H groups in total. The van der Waals surface area contributed by atoms with Crippen LogP contribution in [0.5, 0.6) is 11.5 Å². The van der Waals surface area contributed by atoms with Crippen molar-refractivity contribution in [3.63, 3.8) is 0 Å². The van der Waals surface area contributed by atoms with Crippen molar-refractivity contribution in [2.45, 2.75) is 5.92 Å². The highest BCUT2D eigenvalue weighted by Crippen LogP contribution is 2.44. The van der Waals surface area contributed by atoms with Gasteiger partial charge in [0.1, 0.15) is 17.4 Å². The van der Waals surface area contributed by atoms with Gasteiger partial charge >= 0.3 is 0 Å². The third kappa shape index (κ3) is 2.86. The van der Waals surface area contributed by atoms with Crippen molar-refractivity contribution in [2.75, 3.05) is 7.11 Å². The maximum atomic E-state index is 9.50. The van der Waals surface area contributed by atoms with Crippen LogP contribution in [-0.4, -0.2) is 13.0 Å². The number of rotatable bonds is 2. The molecule has 1 aliphatic heterocycles. The van der Waals surface area contributed by atoms with Gasteiger partial charge in [-0.2, -0.15) is 5.26 Å². The Kier molecular flexibility index (Phi) is 4.16. The summed E-state index contributed by atoms with van der Waals surface area (Å²) in [5, 5.41) is 18.5. The standard InChI is InChI=1S/C17H12Cl2N2O2/c1-22-12-2-3-13-15(7-12)23-17(21)14(8-20)16(13)9-4-10(18)6-11(19)5-9/h2-7,14,16,21H,1H3. The van der Waals surface area contributed by atoms with Crippen molar-refractivity contribution in [3.8, 4) is 17.6 Å². The zero-order chi connectivity index (χ0) is 16.6. The highest BCUT2D eigenvalue weighted by molar-refractivity contribution is 6.34. The molecule has 2 atom stereocenters. The zero-order valence-corrected chi connectivity index (χ0v) is 13.7. The monoisotopic (exact) mass is 346 g/mol. The number of nitriles is 1. The molecule has 23 heavy (non-hydrogen) atoms. The van der Waals surface area contributed by atoms with Gasteiger partial charge in [0.05, 0.1) is 13.2 Å². The molecule has 4 nitrogen and oxygen atoms in total. The Labute approximate surface area is 143 Å². The minimum absolute atomic E-state index is 0.102. The van der Waals surface area contributed by atoms with E-state index in [0.717, 1.165) is 11.1 Å². The van der Waals surface area contributed by atoms with Crippen LogP contribution in [0.2, 0.25) is 10.0 Å². The van der Waals surface area contributed by atoms with Crippen LogP contribution in [0.4, 0.5) is 0 Å². The first kappa shape index (κ1) is 15.7. The van der Waals surface area contributed by atoms with Gasteiger partial charge in [-0.25, -0.2) is 0 Å². The SMILES string of the molecule is COc1ccc2c(c1)OC(=N)C(C#N)C2c1cc(Cl)cc(Cl)c1. The van der Waals surface area contributed by atoms with Gasteiger partial charge in [-0.15, -0.1) is 0 Å². The molecule has 1 heterocycles. The van der Waals surface area contributed by atoms with Gasteiger partial charge < -0.3 is 9.47 Å². The quantitative estimate of drug-likeness (QED) is 0.860. The van der Waals surface area contributed by atoms with Gasteiger partial charge in [-0.1, -0.05) is 29.3 Å². The van der Waals surface area contributed by atoms with Crippen LogP contribution in [0.25, 0.3) is 0 Å². The number of nitrogens with zero attached hydrogens (tertiary/aromatic N) is 1. The van der Waals surface area contributed by atoms with Crippen molar-refractivity contribution in [2.24, 2.45) is 5.92 Å². The van der Waals surface area contributed by atoms with Gasteiger partial charge in [0.2, 0.25) is 5.90 Å². The number of halogens is 2. The maximum Gasteiger partial charge on any atom is 0.205 e. The van der Waals surface area contributed by atoms with Crippen molar-refractivity contribution in [1.82, 2.24) is 0 Å². The molecule has 6 heteroatoms. The molecule has 2 aromatic carbocycles. The van der Waals surface area contributed by atoms with Crippen LogP contribution in [0, 0.1) is 22.7 Å². The fourth-order valence-corrected chi connectivity index (χ4v) is 3.30.